The number of nitrogens with zero attached hydrogens (tertiary/aromatic N) is 1. The van der Waals surface area contributed by atoms with Crippen LogP contribution in [0, 0.1) is 5.82 Å². The Balaban J connectivity index is 1.56. The van der Waals surface area contributed by atoms with Crippen molar-refractivity contribution in [1.29, 1.82) is 0 Å². The maximum Gasteiger partial charge on any atom is 0.227 e. The quantitative estimate of drug-likeness (QED) is 0.847. The Morgan fingerprint density at radius 1 is 1.12 bits per heavy atom. The fourth-order valence-electron chi connectivity index (χ4n) is 3.07. The van der Waals surface area contributed by atoms with Gasteiger partial charge in [0.1, 0.15) is 5.82 Å². The number of rotatable bonds is 6. The molecule has 2 N–H and O–H groups in total. The van der Waals surface area contributed by atoms with Crippen LogP contribution >= 0.6 is 0 Å². The minimum atomic E-state index is -0.690. The van der Waals surface area contributed by atoms with E-state index in [0.29, 0.717) is 18.5 Å². The van der Waals surface area contributed by atoms with Crippen LogP contribution in [-0.2, 0) is 4.79 Å². The van der Waals surface area contributed by atoms with Gasteiger partial charge in [0.15, 0.2) is 0 Å². The maximum atomic E-state index is 12.9. The summed E-state index contributed by atoms with van der Waals surface area (Å²) in [5, 5.41) is 13.5. The number of carbonyl (C=O) groups excluding carboxylic acids is 1. The van der Waals surface area contributed by atoms with Gasteiger partial charge in [-0.3, -0.25) is 4.79 Å². The molecular weight excluding hydrogens is 319 g/mol. The highest BCUT2D eigenvalue weighted by Crippen LogP contribution is 2.24. The van der Waals surface area contributed by atoms with Gasteiger partial charge in [0.2, 0.25) is 5.91 Å². The predicted molar refractivity (Wildman–Crippen MR) is 95.8 cm³/mol. The van der Waals surface area contributed by atoms with Gasteiger partial charge >= 0.3 is 0 Å². The molecule has 1 aliphatic heterocycles. The van der Waals surface area contributed by atoms with Crippen molar-refractivity contribution in [2.75, 3.05) is 18.0 Å². The summed E-state index contributed by atoms with van der Waals surface area (Å²) in [5.74, 6) is -0.129. The van der Waals surface area contributed by atoms with Gasteiger partial charge in [0.05, 0.1) is 6.10 Å². The second-order valence-corrected chi connectivity index (χ2v) is 6.44. The minimum absolute atomic E-state index is 0.0541. The summed E-state index contributed by atoms with van der Waals surface area (Å²) in [6, 6.07) is 13.9. The predicted octanol–water partition coefficient (Wildman–Crippen LogP) is 3.34. The molecule has 132 valence electrons. The van der Waals surface area contributed by atoms with Gasteiger partial charge in [-0.05, 0) is 48.7 Å². The molecule has 1 fully saturated rings. The zero-order valence-corrected chi connectivity index (χ0v) is 14.3. The molecule has 2 atom stereocenters. The van der Waals surface area contributed by atoms with Crippen molar-refractivity contribution in [2.45, 2.75) is 31.9 Å². The summed E-state index contributed by atoms with van der Waals surface area (Å²) in [6.07, 6.45) is 0.852. The highest BCUT2D eigenvalue weighted by molar-refractivity contribution is 5.95. The van der Waals surface area contributed by atoms with E-state index < -0.39 is 6.10 Å². The summed E-state index contributed by atoms with van der Waals surface area (Å²) in [4.78, 5) is 13.6. The third-order valence-corrected chi connectivity index (χ3v) is 4.65. The molecule has 0 spiro atoms. The van der Waals surface area contributed by atoms with Gasteiger partial charge in [-0.15, -0.1) is 0 Å². The smallest absolute Gasteiger partial charge is 0.227 e. The summed E-state index contributed by atoms with van der Waals surface area (Å²) in [6.45, 7) is 3.18. The Bertz CT molecular complexity index is 715. The van der Waals surface area contributed by atoms with E-state index in [1.54, 1.807) is 12.1 Å². The number of aliphatic hydroxyl groups is 1. The lowest BCUT2D eigenvalue weighted by atomic mass is 10.1. The van der Waals surface area contributed by atoms with E-state index in [-0.39, 0.29) is 17.8 Å². The first-order chi connectivity index (χ1) is 12.0. The lowest BCUT2D eigenvalue weighted by molar-refractivity contribution is -0.117. The van der Waals surface area contributed by atoms with Crippen LogP contribution in [0.1, 0.15) is 43.0 Å². The number of aliphatic hydroxyl groups excluding tert-OH is 1. The number of carbonyl (C=O) groups is 1. The number of hydrogen-bond donors (Lipinski definition) is 2. The van der Waals surface area contributed by atoms with Crippen molar-refractivity contribution in [2.24, 2.45) is 0 Å². The summed E-state index contributed by atoms with van der Waals surface area (Å²) in [5.41, 5.74) is 2.70. The number of amides is 1. The van der Waals surface area contributed by atoms with Crippen molar-refractivity contribution in [3.63, 3.8) is 0 Å². The Kier molecular flexibility index (Phi) is 5.46. The first-order valence-electron chi connectivity index (χ1n) is 8.62. The van der Waals surface area contributed by atoms with Crippen LogP contribution in [-0.4, -0.2) is 24.1 Å². The molecule has 0 bridgehead atoms. The van der Waals surface area contributed by atoms with Crippen LogP contribution in [0.25, 0.3) is 0 Å². The van der Waals surface area contributed by atoms with Crippen molar-refractivity contribution >= 4 is 11.6 Å². The van der Waals surface area contributed by atoms with Gasteiger partial charge in [0.25, 0.3) is 0 Å². The van der Waals surface area contributed by atoms with Gasteiger partial charge in [0, 0.05) is 31.2 Å². The first-order valence-corrected chi connectivity index (χ1v) is 8.62. The molecule has 5 heteroatoms. The Hall–Kier alpha value is -2.24. The molecule has 0 radical (unpaired) electrons. The van der Waals surface area contributed by atoms with E-state index >= 15 is 0 Å². The fraction of sp³-hybridized carbons (Fsp3) is 0.350. The van der Waals surface area contributed by atoms with E-state index in [0.717, 1.165) is 24.2 Å². The summed E-state index contributed by atoms with van der Waals surface area (Å²) >= 11 is 0. The monoisotopic (exact) mass is 342 g/mol. The van der Waals surface area contributed by atoms with Crippen LogP contribution in [0.5, 0.6) is 0 Å². The molecule has 2 aromatic rings. The lowest BCUT2D eigenvalue weighted by Gasteiger charge is -2.20. The van der Waals surface area contributed by atoms with Crippen molar-refractivity contribution in [3.8, 4) is 0 Å². The van der Waals surface area contributed by atoms with Crippen molar-refractivity contribution in [3.05, 3.63) is 65.5 Å². The summed E-state index contributed by atoms with van der Waals surface area (Å²) < 4.78 is 12.9. The molecule has 3 rings (SSSR count). The molecule has 25 heavy (non-hydrogen) atoms. The highest BCUT2D eigenvalue weighted by atomic mass is 19.1. The molecule has 0 aliphatic carbocycles. The number of halogens is 1. The molecule has 1 heterocycles. The van der Waals surface area contributed by atoms with Gasteiger partial charge in [-0.1, -0.05) is 24.3 Å². The van der Waals surface area contributed by atoms with Gasteiger partial charge in [-0.25, -0.2) is 4.39 Å². The van der Waals surface area contributed by atoms with Crippen LogP contribution in [0.3, 0.4) is 0 Å². The highest BCUT2D eigenvalue weighted by Gasteiger charge is 2.21. The Labute approximate surface area is 147 Å². The van der Waals surface area contributed by atoms with Gasteiger partial charge in [-0.2, -0.15) is 0 Å². The second kappa shape index (κ2) is 7.76. The molecular formula is C20H23FN2O2. The van der Waals surface area contributed by atoms with E-state index in [1.165, 1.54) is 12.1 Å². The van der Waals surface area contributed by atoms with Crippen LogP contribution < -0.4 is 10.2 Å². The molecule has 0 aromatic heterocycles. The summed E-state index contributed by atoms with van der Waals surface area (Å²) in [7, 11) is 0. The van der Waals surface area contributed by atoms with Crippen LogP contribution in [0.15, 0.2) is 48.5 Å². The maximum absolute atomic E-state index is 12.9. The zero-order chi connectivity index (χ0) is 17.8. The van der Waals surface area contributed by atoms with Crippen LogP contribution in [0.4, 0.5) is 10.1 Å². The van der Waals surface area contributed by atoms with E-state index in [4.69, 9.17) is 0 Å². The Morgan fingerprint density at radius 3 is 2.36 bits per heavy atom. The average Bonchev–Trinajstić information content (AvgIpc) is 3.06. The largest absolute Gasteiger partial charge is 0.387 e. The molecule has 1 aliphatic rings. The lowest BCUT2D eigenvalue weighted by Crippen LogP contribution is -2.25. The molecule has 1 amide bonds. The van der Waals surface area contributed by atoms with E-state index in [9.17, 15) is 14.3 Å². The third-order valence-electron chi connectivity index (χ3n) is 4.65. The number of anilines is 1. The number of benzene rings is 2. The first kappa shape index (κ1) is 17.6. The van der Waals surface area contributed by atoms with Crippen LogP contribution in [0.2, 0.25) is 0 Å². The second-order valence-electron chi connectivity index (χ2n) is 6.44. The SMILES string of the molecule is C[C@H](NC[C@H](O)c1ccc(F)cc1)c1ccc(N2CCCC2=O)cc1. The van der Waals surface area contributed by atoms with Gasteiger partial charge < -0.3 is 15.3 Å². The minimum Gasteiger partial charge on any atom is -0.387 e. The van der Waals surface area contributed by atoms with Crippen molar-refractivity contribution in [1.82, 2.24) is 5.32 Å². The fourth-order valence-corrected chi connectivity index (χ4v) is 3.07. The van der Waals surface area contributed by atoms with Crippen molar-refractivity contribution < 1.29 is 14.3 Å². The zero-order valence-electron chi connectivity index (χ0n) is 14.3. The molecule has 0 unspecified atom stereocenters. The molecule has 0 saturated carbocycles. The average molecular weight is 342 g/mol. The molecule has 1 saturated heterocycles. The molecule has 2 aromatic carbocycles. The van der Waals surface area contributed by atoms with E-state index in [1.807, 2.05) is 36.1 Å². The number of nitrogens with one attached hydrogen (secondary N) is 1. The normalized spacial score (nSPS) is 16.9. The number of hydrogen-bond acceptors (Lipinski definition) is 3. The van der Waals surface area contributed by atoms with E-state index in [2.05, 4.69) is 5.32 Å². The molecule has 4 nitrogen and oxygen atoms in total. The third kappa shape index (κ3) is 4.24. The Morgan fingerprint density at radius 2 is 1.76 bits per heavy atom. The topological polar surface area (TPSA) is 52.6 Å². The standard InChI is InChI=1S/C20H23FN2O2/c1-14(22-13-19(24)16-4-8-17(21)9-5-16)15-6-10-18(11-7-15)23-12-2-3-20(23)25/h4-11,14,19,22,24H,2-3,12-13H2,1H3/t14-,19-/m0/s1.